The molecular weight excluding hydrogens is 993 g/mol. The summed E-state index contributed by atoms with van der Waals surface area (Å²) in [5.74, 6) is 0. The molecule has 0 aromatic heterocycles. The predicted octanol–water partition coefficient (Wildman–Crippen LogP) is -4.61. The number of rotatable bonds is 0. The number of hydrogen-bond donors (Lipinski definition) is 0. The standard InChI is InChI=1S/8H2O.3Pb.2Sb/h8*1H2;;;;;/q;;;;;;;;3*+2;;/p-6. The second-order valence-electron chi connectivity index (χ2n) is 0. The Balaban J connectivity index is 0. The van der Waals surface area contributed by atoms with Crippen LogP contribution in [0.25, 0.3) is 0 Å². The van der Waals surface area contributed by atoms with Crippen LogP contribution in [0.3, 0.4) is 0 Å². The van der Waals surface area contributed by atoms with E-state index in [2.05, 4.69) is 0 Å². The van der Waals surface area contributed by atoms with E-state index < -0.39 is 0 Å². The van der Waals surface area contributed by atoms with E-state index in [-0.39, 0.29) is 175 Å². The Hall–Kier alpha value is 4.08. The molecule has 0 aliphatic rings. The molecule has 0 saturated heterocycles. The topological polar surface area (TPSA) is 243 Å². The first kappa shape index (κ1) is 265. The van der Waals surface area contributed by atoms with Crippen LogP contribution in [0.15, 0.2) is 0 Å². The van der Waals surface area contributed by atoms with Gasteiger partial charge >= 0.3 is 81.9 Å². The summed E-state index contributed by atoms with van der Waals surface area (Å²) in [7, 11) is 0. The molecule has 0 atom stereocenters. The molecule has 0 rings (SSSR count). The third kappa shape index (κ3) is 191. The Morgan fingerprint density at radius 2 is 0.308 bits per heavy atom. The Labute approximate surface area is 171 Å². The maximum Gasteiger partial charge on any atom is 2.00 e. The van der Waals surface area contributed by atoms with Gasteiger partial charge in [-0.1, -0.05) is 0 Å². The van der Waals surface area contributed by atoms with E-state index in [1.165, 1.54) is 0 Å². The van der Waals surface area contributed by atoms with E-state index >= 15 is 0 Å². The Morgan fingerprint density at radius 1 is 0.308 bits per heavy atom. The van der Waals surface area contributed by atoms with Crippen molar-refractivity contribution in [2.24, 2.45) is 0 Å². The Kier molecular flexibility index (Phi) is 4480. The van der Waals surface area contributed by atoms with Gasteiger partial charge in [0, 0.05) is 48.9 Å². The van der Waals surface area contributed by atoms with Crippen molar-refractivity contribution in [2.75, 3.05) is 0 Å². The van der Waals surface area contributed by atoms with Crippen molar-refractivity contribution in [3.05, 3.63) is 0 Å². The van der Waals surface area contributed by atoms with Crippen molar-refractivity contribution in [3.63, 3.8) is 0 Å². The average Bonchev–Trinajstić information content (AvgIpc) is 0. The third-order valence-electron chi connectivity index (χ3n) is 0. The molecule has 0 aromatic carbocycles. The van der Waals surface area contributed by atoms with Gasteiger partial charge in [0.2, 0.25) is 0 Å². The van der Waals surface area contributed by atoms with E-state index in [0.717, 1.165) is 0 Å². The van der Waals surface area contributed by atoms with Crippen LogP contribution < -0.4 is 0 Å². The van der Waals surface area contributed by atoms with Crippen LogP contribution >= 0.6 is 0 Å². The van der Waals surface area contributed by atoms with Gasteiger partial charge < -0.3 is 43.8 Å². The SMILES string of the molecule is O.O.[OH-].[OH-].[OH-].[OH-].[OH-].[OH-].[Pb+2].[Pb+2].[Pb+2].[Sb].[Sb]. The fraction of sp³-hybridized carbons (Fsp3) is 0. The second kappa shape index (κ2) is 220. The van der Waals surface area contributed by atoms with Gasteiger partial charge in [-0.25, -0.2) is 0 Å². The van der Waals surface area contributed by atoms with E-state index in [0.29, 0.717) is 0 Å². The summed E-state index contributed by atoms with van der Waals surface area (Å²) in [5.41, 5.74) is 0. The normalized spacial score (nSPS) is 0. The summed E-state index contributed by atoms with van der Waals surface area (Å²) < 4.78 is 0. The monoisotopic (exact) mass is 1000 g/mol. The molecule has 0 aromatic rings. The van der Waals surface area contributed by atoms with Crippen LogP contribution in [0.2, 0.25) is 0 Å². The van der Waals surface area contributed by atoms with E-state index in [1.807, 2.05) is 0 Å². The molecule has 0 amide bonds. The zero-order chi connectivity index (χ0) is 0. The first-order chi connectivity index (χ1) is 0. The molecule has 0 spiro atoms. The molecule has 0 fully saturated rings. The first-order valence-corrected chi connectivity index (χ1v) is 0. The number of hydrogen-bond acceptors (Lipinski definition) is 6. The summed E-state index contributed by atoms with van der Waals surface area (Å²) in [6.45, 7) is 0. The fourth-order valence-corrected chi connectivity index (χ4v) is 0. The van der Waals surface area contributed by atoms with Crippen LogP contribution in [0, 0.1) is 0 Å². The second-order valence-corrected chi connectivity index (χ2v) is 0. The molecule has 13 heteroatoms. The maximum atomic E-state index is 0. The molecule has 0 unspecified atom stereocenters. The molecule has 0 aliphatic heterocycles. The van der Waals surface area contributed by atoms with Crippen molar-refractivity contribution < 1.29 is 43.8 Å². The molecule has 12 radical (unpaired) electrons. The van der Waals surface area contributed by atoms with Gasteiger partial charge in [-0.2, -0.15) is 0 Å². The zero-order valence-electron chi connectivity index (χ0n) is 6.08. The predicted molar refractivity (Wildman–Crippen MR) is 47.6 cm³/mol. The van der Waals surface area contributed by atoms with Crippen molar-refractivity contribution >= 4 is 131 Å². The van der Waals surface area contributed by atoms with Gasteiger partial charge in [0.05, 0.1) is 0 Å². The average molecular weight is 1000 g/mol. The van der Waals surface area contributed by atoms with Gasteiger partial charge in [-0.05, 0) is 0 Å². The van der Waals surface area contributed by atoms with Crippen LogP contribution in [0.4, 0.5) is 0 Å². The van der Waals surface area contributed by atoms with Crippen LogP contribution in [-0.4, -0.2) is 175 Å². The minimum atomic E-state index is 0. The van der Waals surface area contributed by atoms with Crippen LogP contribution in [0.1, 0.15) is 0 Å². The van der Waals surface area contributed by atoms with Gasteiger partial charge in [-0.15, -0.1) is 0 Å². The van der Waals surface area contributed by atoms with Crippen molar-refractivity contribution in [3.8, 4) is 0 Å². The Bertz CT molecular complexity index is 17.4. The molecule has 0 heterocycles. The fourth-order valence-electron chi connectivity index (χ4n) is 0. The molecule has 13 heavy (non-hydrogen) atoms. The van der Waals surface area contributed by atoms with Gasteiger partial charge in [0.25, 0.3) is 0 Å². The molecule has 8 nitrogen and oxygen atoms in total. The maximum absolute atomic E-state index is 0. The summed E-state index contributed by atoms with van der Waals surface area (Å²) in [6, 6.07) is 0. The molecule has 0 bridgehead atoms. The largest absolute Gasteiger partial charge is 2.00 e. The van der Waals surface area contributed by atoms with Gasteiger partial charge in [0.15, 0.2) is 0 Å². The van der Waals surface area contributed by atoms with E-state index in [4.69, 9.17) is 0 Å². The van der Waals surface area contributed by atoms with E-state index in [1.54, 1.807) is 0 Å². The summed E-state index contributed by atoms with van der Waals surface area (Å²) in [5, 5.41) is 0. The molecule has 10 N–H and O–H groups in total. The Morgan fingerprint density at radius 3 is 0.308 bits per heavy atom. The minimum Gasteiger partial charge on any atom is -0.870 e. The van der Waals surface area contributed by atoms with Crippen molar-refractivity contribution in [2.45, 2.75) is 0 Å². The zero-order valence-corrected chi connectivity index (χ0v) is 22.8. The molecule has 80 valence electrons. The first-order valence-electron chi connectivity index (χ1n) is 0. The van der Waals surface area contributed by atoms with Crippen molar-refractivity contribution in [1.82, 2.24) is 0 Å². The van der Waals surface area contributed by atoms with Gasteiger partial charge in [-0.3, -0.25) is 0 Å². The third-order valence-corrected chi connectivity index (χ3v) is 0. The van der Waals surface area contributed by atoms with Crippen LogP contribution in [-0.2, 0) is 0 Å². The summed E-state index contributed by atoms with van der Waals surface area (Å²) >= 11 is 0. The molecular formula is H10O8Pb3Sb2. The minimum absolute atomic E-state index is 0. The molecule has 0 aliphatic carbocycles. The smallest absolute Gasteiger partial charge is 0.870 e. The van der Waals surface area contributed by atoms with E-state index in [9.17, 15) is 0 Å². The van der Waals surface area contributed by atoms with Crippen LogP contribution in [0.5, 0.6) is 0 Å². The summed E-state index contributed by atoms with van der Waals surface area (Å²) in [4.78, 5) is 0. The van der Waals surface area contributed by atoms with Gasteiger partial charge in [0.1, 0.15) is 0 Å². The summed E-state index contributed by atoms with van der Waals surface area (Å²) in [6.07, 6.45) is 0. The quantitative estimate of drug-likeness (QED) is 0.216. The molecule has 0 saturated carbocycles. The van der Waals surface area contributed by atoms with Crippen molar-refractivity contribution in [1.29, 1.82) is 0 Å².